The van der Waals surface area contributed by atoms with Gasteiger partial charge >= 0.3 is 0 Å². The van der Waals surface area contributed by atoms with Crippen molar-refractivity contribution in [2.45, 2.75) is 46.6 Å². The molecule has 4 heteroatoms. The lowest BCUT2D eigenvalue weighted by atomic mass is 9.99. The van der Waals surface area contributed by atoms with Crippen LogP contribution in [0, 0.1) is 5.92 Å². The number of carbonyl (C=O) groups excluding carboxylic acids is 1. The van der Waals surface area contributed by atoms with Gasteiger partial charge in [-0.1, -0.05) is 34.1 Å². The number of rotatable bonds is 8. The molecule has 1 aliphatic heterocycles. The molecule has 1 heterocycles. The Morgan fingerprint density at radius 1 is 1.39 bits per heavy atom. The van der Waals surface area contributed by atoms with Crippen molar-refractivity contribution in [2.24, 2.45) is 5.92 Å². The van der Waals surface area contributed by atoms with Crippen molar-refractivity contribution >= 4 is 5.91 Å². The fourth-order valence-corrected chi connectivity index (χ4v) is 2.47. The number of nitrogens with zero attached hydrogens (tertiary/aromatic N) is 2. The predicted molar refractivity (Wildman–Crippen MR) is 75.4 cm³/mol. The van der Waals surface area contributed by atoms with Crippen LogP contribution < -0.4 is 5.32 Å². The van der Waals surface area contributed by atoms with Crippen LogP contribution in [0.3, 0.4) is 0 Å². The highest BCUT2D eigenvalue weighted by Crippen LogP contribution is 2.15. The van der Waals surface area contributed by atoms with Gasteiger partial charge in [0.05, 0.1) is 12.7 Å². The molecule has 1 rings (SSSR count). The number of nitrogens with one attached hydrogen (secondary N) is 1. The minimum Gasteiger partial charge on any atom is -0.328 e. The summed E-state index contributed by atoms with van der Waals surface area (Å²) >= 11 is 0. The monoisotopic (exact) mass is 255 g/mol. The average Bonchev–Trinajstić information content (AvgIpc) is 2.75. The summed E-state index contributed by atoms with van der Waals surface area (Å²) in [6.07, 6.45) is 2.12. The van der Waals surface area contributed by atoms with E-state index in [1.165, 1.54) is 0 Å². The first-order valence-electron chi connectivity index (χ1n) is 7.38. The molecule has 0 aromatic carbocycles. The Morgan fingerprint density at radius 2 is 2.06 bits per heavy atom. The third-order valence-corrected chi connectivity index (χ3v) is 4.09. The summed E-state index contributed by atoms with van der Waals surface area (Å²) in [7, 11) is 0. The zero-order chi connectivity index (χ0) is 13.5. The second kappa shape index (κ2) is 7.74. The highest BCUT2D eigenvalue weighted by Gasteiger charge is 2.33. The van der Waals surface area contributed by atoms with Crippen molar-refractivity contribution in [3.8, 4) is 0 Å². The maximum atomic E-state index is 12.2. The van der Waals surface area contributed by atoms with Crippen molar-refractivity contribution < 1.29 is 4.79 Å². The van der Waals surface area contributed by atoms with Gasteiger partial charge in [-0.15, -0.1) is 0 Å². The van der Waals surface area contributed by atoms with E-state index in [1.807, 2.05) is 4.90 Å². The normalized spacial score (nSPS) is 21.9. The van der Waals surface area contributed by atoms with Crippen LogP contribution in [0.5, 0.6) is 0 Å². The maximum absolute atomic E-state index is 12.2. The van der Waals surface area contributed by atoms with Gasteiger partial charge in [0.2, 0.25) is 5.91 Å². The third-order valence-electron chi connectivity index (χ3n) is 4.09. The molecule has 1 amide bonds. The quantitative estimate of drug-likeness (QED) is 0.714. The van der Waals surface area contributed by atoms with Gasteiger partial charge in [-0.2, -0.15) is 0 Å². The molecular formula is C14H29N3O. The summed E-state index contributed by atoms with van der Waals surface area (Å²) in [4.78, 5) is 16.5. The molecule has 0 spiro atoms. The van der Waals surface area contributed by atoms with Gasteiger partial charge in [-0.05, 0) is 32.0 Å². The van der Waals surface area contributed by atoms with Crippen molar-refractivity contribution in [1.82, 2.24) is 15.1 Å². The number of carbonyl (C=O) groups is 1. The molecule has 1 fully saturated rings. The standard InChI is InChI=1S/C14H29N3O/c1-5-12(4)13-14(18)17(11-15-13)10-8-9-16(6-2)7-3/h12-13,15H,5-11H2,1-4H3. The first-order valence-corrected chi connectivity index (χ1v) is 7.38. The lowest BCUT2D eigenvalue weighted by Crippen LogP contribution is -2.36. The lowest BCUT2D eigenvalue weighted by Gasteiger charge is -2.21. The van der Waals surface area contributed by atoms with Gasteiger partial charge in [0.25, 0.3) is 0 Å². The van der Waals surface area contributed by atoms with E-state index in [0.717, 1.165) is 45.7 Å². The van der Waals surface area contributed by atoms with Crippen LogP contribution >= 0.6 is 0 Å². The summed E-state index contributed by atoms with van der Waals surface area (Å²) in [5.41, 5.74) is 0. The Morgan fingerprint density at radius 3 is 2.61 bits per heavy atom. The molecule has 0 aliphatic carbocycles. The first kappa shape index (κ1) is 15.4. The van der Waals surface area contributed by atoms with E-state index in [4.69, 9.17) is 0 Å². The average molecular weight is 255 g/mol. The van der Waals surface area contributed by atoms with E-state index in [9.17, 15) is 4.79 Å². The van der Waals surface area contributed by atoms with Gasteiger partial charge in [-0.3, -0.25) is 10.1 Å². The second-order valence-corrected chi connectivity index (χ2v) is 5.21. The van der Waals surface area contributed by atoms with E-state index in [2.05, 4.69) is 37.9 Å². The van der Waals surface area contributed by atoms with Crippen LogP contribution in [0.15, 0.2) is 0 Å². The Balaban J connectivity index is 2.30. The highest BCUT2D eigenvalue weighted by molar-refractivity contribution is 5.84. The topological polar surface area (TPSA) is 35.6 Å². The largest absolute Gasteiger partial charge is 0.328 e. The molecule has 2 atom stereocenters. The summed E-state index contributed by atoms with van der Waals surface area (Å²) in [6, 6.07) is 0.0449. The first-order chi connectivity index (χ1) is 8.63. The second-order valence-electron chi connectivity index (χ2n) is 5.21. The Labute approximate surface area is 112 Å². The van der Waals surface area contributed by atoms with Gasteiger partial charge in [0.15, 0.2) is 0 Å². The van der Waals surface area contributed by atoms with Gasteiger partial charge < -0.3 is 9.80 Å². The molecule has 106 valence electrons. The van der Waals surface area contributed by atoms with Crippen LogP contribution in [0.2, 0.25) is 0 Å². The zero-order valence-corrected chi connectivity index (χ0v) is 12.4. The molecule has 0 radical (unpaired) electrons. The van der Waals surface area contributed by atoms with Crippen LogP contribution in [-0.4, -0.2) is 54.6 Å². The minimum absolute atomic E-state index is 0.0449. The summed E-state index contributed by atoms with van der Waals surface area (Å²) < 4.78 is 0. The highest BCUT2D eigenvalue weighted by atomic mass is 16.2. The van der Waals surface area contributed by atoms with E-state index in [1.54, 1.807) is 0 Å². The summed E-state index contributed by atoms with van der Waals surface area (Å²) in [5.74, 6) is 0.731. The Bertz CT molecular complexity index is 253. The number of amides is 1. The molecule has 1 N–H and O–H groups in total. The van der Waals surface area contributed by atoms with E-state index >= 15 is 0 Å². The van der Waals surface area contributed by atoms with Crippen LogP contribution in [-0.2, 0) is 4.79 Å². The molecule has 0 aromatic heterocycles. The van der Waals surface area contributed by atoms with Gasteiger partial charge in [0.1, 0.15) is 0 Å². The van der Waals surface area contributed by atoms with Crippen molar-refractivity contribution in [3.05, 3.63) is 0 Å². The number of hydrogen-bond acceptors (Lipinski definition) is 3. The van der Waals surface area contributed by atoms with Crippen molar-refractivity contribution in [1.29, 1.82) is 0 Å². The maximum Gasteiger partial charge on any atom is 0.241 e. The lowest BCUT2D eigenvalue weighted by molar-refractivity contribution is -0.129. The fourth-order valence-electron chi connectivity index (χ4n) is 2.47. The van der Waals surface area contributed by atoms with Gasteiger partial charge in [-0.25, -0.2) is 0 Å². The Kier molecular flexibility index (Phi) is 6.65. The molecule has 1 aliphatic rings. The zero-order valence-electron chi connectivity index (χ0n) is 12.4. The molecule has 0 aromatic rings. The van der Waals surface area contributed by atoms with Crippen molar-refractivity contribution in [2.75, 3.05) is 32.8 Å². The van der Waals surface area contributed by atoms with Crippen LogP contribution in [0.25, 0.3) is 0 Å². The van der Waals surface area contributed by atoms with Crippen molar-refractivity contribution in [3.63, 3.8) is 0 Å². The summed E-state index contributed by atoms with van der Waals surface area (Å²) in [6.45, 7) is 13.6. The predicted octanol–water partition coefficient (Wildman–Crippen LogP) is 1.52. The summed E-state index contributed by atoms with van der Waals surface area (Å²) in [5, 5.41) is 3.34. The number of hydrogen-bond donors (Lipinski definition) is 1. The SMILES string of the molecule is CCC(C)C1NCN(CCCN(CC)CC)C1=O. The molecule has 0 saturated carbocycles. The molecule has 2 unspecified atom stereocenters. The minimum atomic E-state index is 0.0449. The molecule has 0 bridgehead atoms. The third kappa shape index (κ3) is 3.95. The molecule has 18 heavy (non-hydrogen) atoms. The van der Waals surface area contributed by atoms with E-state index in [-0.39, 0.29) is 6.04 Å². The Hall–Kier alpha value is -0.610. The molecule has 4 nitrogen and oxygen atoms in total. The van der Waals surface area contributed by atoms with Gasteiger partial charge in [0, 0.05) is 6.54 Å². The van der Waals surface area contributed by atoms with E-state index < -0.39 is 0 Å². The van der Waals surface area contributed by atoms with Crippen LogP contribution in [0.1, 0.15) is 40.5 Å². The van der Waals surface area contributed by atoms with Crippen LogP contribution in [0.4, 0.5) is 0 Å². The smallest absolute Gasteiger partial charge is 0.241 e. The molecule has 1 saturated heterocycles. The van der Waals surface area contributed by atoms with E-state index in [0.29, 0.717) is 11.8 Å². The fraction of sp³-hybridized carbons (Fsp3) is 0.929. The molecular weight excluding hydrogens is 226 g/mol.